The monoisotopic (exact) mass is 503 g/mol. The molecule has 0 saturated carbocycles. The molecule has 4 aromatic carbocycles. The van der Waals surface area contributed by atoms with Crippen molar-refractivity contribution in [3.05, 3.63) is 108 Å². The molecule has 0 aliphatic rings. The third kappa shape index (κ3) is 4.91. The lowest BCUT2D eigenvalue weighted by Gasteiger charge is -2.09. The van der Waals surface area contributed by atoms with E-state index in [-0.39, 0.29) is 16.1 Å². The molecule has 0 aliphatic heterocycles. The molecule has 9 heteroatoms. The summed E-state index contributed by atoms with van der Waals surface area (Å²) in [5, 5.41) is 7.25. The summed E-state index contributed by atoms with van der Waals surface area (Å²) in [6.07, 6.45) is 0. The Morgan fingerprint density at radius 2 is 1.63 bits per heavy atom. The first kappa shape index (κ1) is 22.7. The fourth-order valence-corrected chi connectivity index (χ4v) is 5.38. The predicted octanol–water partition coefficient (Wildman–Crippen LogP) is 6.16. The quantitative estimate of drug-likeness (QED) is 0.291. The van der Waals surface area contributed by atoms with Gasteiger partial charge in [0.25, 0.3) is 15.9 Å². The zero-order valence-corrected chi connectivity index (χ0v) is 19.7. The second kappa shape index (κ2) is 9.28. The minimum atomic E-state index is -3.94. The summed E-state index contributed by atoms with van der Waals surface area (Å²) in [6, 6.07) is 24.6. The number of hydrogen-bond acceptors (Lipinski definition) is 5. The summed E-state index contributed by atoms with van der Waals surface area (Å²) in [7, 11) is -3.94. The zero-order chi connectivity index (χ0) is 24.4. The Balaban J connectivity index is 1.34. The number of nitrogens with zero attached hydrogens (tertiary/aromatic N) is 1. The molecule has 5 aromatic rings. The van der Waals surface area contributed by atoms with Gasteiger partial charge in [-0.2, -0.15) is 0 Å². The van der Waals surface area contributed by atoms with Crippen molar-refractivity contribution in [3.8, 4) is 11.3 Å². The first-order valence-electron chi connectivity index (χ1n) is 10.5. The second-order valence-electron chi connectivity index (χ2n) is 7.66. The van der Waals surface area contributed by atoms with Gasteiger partial charge in [-0.05, 0) is 53.2 Å². The van der Waals surface area contributed by atoms with E-state index in [9.17, 15) is 17.6 Å². The number of carbonyl (C=O) groups excluding carboxylic acids is 1. The van der Waals surface area contributed by atoms with Crippen molar-refractivity contribution in [1.29, 1.82) is 0 Å². The van der Waals surface area contributed by atoms with Crippen LogP contribution in [-0.2, 0) is 10.0 Å². The Hall–Kier alpha value is -4.08. The number of aromatic nitrogens is 1. The molecule has 0 unspecified atom stereocenters. The van der Waals surface area contributed by atoms with Gasteiger partial charge >= 0.3 is 0 Å². The number of nitrogens with one attached hydrogen (secondary N) is 2. The molecule has 0 radical (unpaired) electrons. The van der Waals surface area contributed by atoms with Gasteiger partial charge in [0.15, 0.2) is 5.13 Å². The van der Waals surface area contributed by atoms with Crippen molar-refractivity contribution in [1.82, 2.24) is 4.98 Å². The number of fused-ring (bicyclic) bond motifs is 1. The molecule has 174 valence electrons. The standard InChI is InChI=1S/C26H18FN3O3S2/c27-19-11-13-21(14-12-19)35(32,33)30-20-8-3-7-18(15-20)25(31)29-26-28-24(16-34-26)23-10-4-6-17-5-1-2-9-22(17)23/h1-16,30H,(H,28,29,31). The third-order valence-electron chi connectivity index (χ3n) is 5.29. The largest absolute Gasteiger partial charge is 0.298 e. The predicted molar refractivity (Wildman–Crippen MR) is 137 cm³/mol. The van der Waals surface area contributed by atoms with Crippen LogP contribution in [0.4, 0.5) is 15.2 Å². The first-order chi connectivity index (χ1) is 16.9. The molecule has 0 bridgehead atoms. The lowest BCUT2D eigenvalue weighted by molar-refractivity contribution is 0.102. The fraction of sp³-hybridized carbons (Fsp3) is 0. The fourth-order valence-electron chi connectivity index (χ4n) is 3.62. The van der Waals surface area contributed by atoms with Gasteiger partial charge in [0.2, 0.25) is 0 Å². The third-order valence-corrected chi connectivity index (χ3v) is 7.45. The zero-order valence-electron chi connectivity index (χ0n) is 18.1. The van der Waals surface area contributed by atoms with Gasteiger partial charge in [0.1, 0.15) is 5.82 Å². The van der Waals surface area contributed by atoms with Crippen molar-refractivity contribution < 1.29 is 17.6 Å². The molecule has 1 aromatic heterocycles. The Morgan fingerprint density at radius 1 is 0.886 bits per heavy atom. The summed E-state index contributed by atoms with van der Waals surface area (Å²) < 4.78 is 40.7. The number of carbonyl (C=O) groups is 1. The number of hydrogen-bond donors (Lipinski definition) is 2. The molecule has 0 atom stereocenters. The number of rotatable bonds is 6. The lowest BCUT2D eigenvalue weighted by atomic mass is 10.0. The van der Waals surface area contributed by atoms with Crippen LogP contribution in [0.2, 0.25) is 0 Å². The summed E-state index contributed by atoms with van der Waals surface area (Å²) in [6.45, 7) is 0. The van der Waals surface area contributed by atoms with E-state index in [0.29, 0.717) is 5.13 Å². The molecule has 1 heterocycles. The van der Waals surface area contributed by atoms with Crippen molar-refractivity contribution >= 4 is 48.9 Å². The molecule has 0 saturated heterocycles. The Labute approximate surface area is 205 Å². The Kier molecular flexibility index (Phi) is 6.02. The molecule has 1 amide bonds. The van der Waals surface area contributed by atoms with Gasteiger partial charge < -0.3 is 0 Å². The average molecular weight is 504 g/mol. The van der Waals surface area contributed by atoms with Crippen LogP contribution in [0.25, 0.3) is 22.0 Å². The molecule has 5 rings (SSSR count). The number of halogens is 1. The molecule has 35 heavy (non-hydrogen) atoms. The van der Waals surface area contributed by atoms with E-state index in [4.69, 9.17) is 0 Å². The van der Waals surface area contributed by atoms with Crippen LogP contribution in [0.15, 0.2) is 101 Å². The normalized spacial score (nSPS) is 11.3. The Bertz CT molecular complexity index is 1640. The average Bonchev–Trinajstić information content (AvgIpc) is 3.32. The minimum absolute atomic E-state index is 0.0856. The summed E-state index contributed by atoms with van der Waals surface area (Å²) in [5.41, 5.74) is 2.18. The van der Waals surface area contributed by atoms with Gasteiger partial charge in [-0.15, -0.1) is 11.3 Å². The van der Waals surface area contributed by atoms with Crippen LogP contribution in [0.5, 0.6) is 0 Å². The number of sulfonamides is 1. The number of benzene rings is 4. The van der Waals surface area contributed by atoms with E-state index in [1.54, 1.807) is 12.1 Å². The Morgan fingerprint density at radius 3 is 2.46 bits per heavy atom. The topological polar surface area (TPSA) is 88.2 Å². The van der Waals surface area contributed by atoms with E-state index in [2.05, 4.69) is 15.0 Å². The van der Waals surface area contributed by atoms with Gasteiger partial charge in [0.05, 0.1) is 10.6 Å². The van der Waals surface area contributed by atoms with Crippen LogP contribution in [0.3, 0.4) is 0 Å². The van der Waals surface area contributed by atoms with Crippen molar-refractivity contribution in [2.45, 2.75) is 4.90 Å². The van der Waals surface area contributed by atoms with E-state index in [0.717, 1.165) is 34.2 Å². The maximum absolute atomic E-state index is 13.1. The first-order valence-corrected chi connectivity index (χ1v) is 12.9. The maximum atomic E-state index is 13.1. The van der Waals surface area contributed by atoms with E-state index in [1.165, 1.54) is 35.6 Å². The van der Waals surface area contributed by atoms with Crippen molar-refractivity contribution in [2.24, 2.45) is 0 Å². The highest BCUT2D eigenvalue weighted by atomic mass is 32.2. The summed E-state index contributed by atoms with van der Waals surface area (Å²) in [5.74, 6) is -0.958. The van der Waals surface area contributed by atoms with Gasteiger partial charge in [-0.1, -0.05) is 48.5 Å². The highest BCUT2D eigenvalue weighted by Gasteiger charge is 2.16. The second-order valence-corrected chi connectivity index (χ2v) is 10.2. The van der Waals surface area contributed by atoms with Crippen LogP contribution < -0.4 is 10.0 Å². The molecular formula is C26H18FN3O3S2. The van der Waals surface area contributed by atoms with Crippen LogP contribution in [0.1, 0.15) is 10.4 Å². The number of thiazole rings is 1. The van der Waals surface area contributed by atoms with Crippen LogP contribution >= 0.6 is 11.3 Å². The van der Waals surface area contributed by atoms with E-state index < -0.39 is 21.7 Å². The van der Waals surface area contributed by atoms with Gasteiger partial charge in [-0.25, -0.2) is 17.8 Å². The number of amides is 1. The molecule has 0 fully saturated rings. The molecule has 0 spiro atoms. The van der Waals surface area contributed by atoms with E-state index >= 15 is 0 Å². The summed E-state index contributed by atoms with van der Waals surface area (Å²) >= 11 is 1.30. The minimum Gasteiger partial charge on any atom is -0.298 e. The van der Waals surface area contributed by atoms with E-state index in [1.807, 2.05) is 47.8 Å². The molecular weight excluding hydrogens is 485 g/mol. The molecule has 2 N–H and O–H groups in total. The number of anilines is 2. The summed E-state index contributed by atoms with van der Waals surface area (Å²) in [4.78, 5) is 17.3. The molecule has 0 aliphatic carbocycles. The van der Waals surface area contributed by atoms with Gasteiger partial charge in [-0.3, -0.25) is 14.8 Å². The van der Waals surface area contributed by atoms with Crippen molar-refractivity contribution in [2.75, 3.05) is 10.0 Å². The lowest BCUT2D eigenvalue weighted by Crippen LogP contribution is -2.15. The van der Waals surface area contributed by atoms with Gasteiger partial charge in [0, 0.05) is 22.2 Å². The van der Waals surface area contributed by atoms with Crippen LogP contribution in [-0.4, -0.2) is 19.3 Å². The highest BCUT2D eigenvalue weighted by Crippen LogP contribution is 2.31. The maximum Gasteiger partial charge on any atom is 0.261 e. The van der Waals surface area contributed by atoms with Crippen molar-refractivity contribution in [3.63, 3.8) is 0 Å². The highest BCUT2D eigenvalue weighted by molar-refractivity contribution is 7.92. The molecule has 6 nitrogen and oxygen atoms in total. The van der Waals surface area contributed by atoms with Crippen LogP contribution in [0, 0.1) is 5.82 Å². The SMILES string of the molecule is O=C(Nc1nc(-c2cccc3ccccc23)cs1)c1cccc(NS(=O)(=O)c2ccc(F)cc2)c1. The smallest absolute Gasteiger partial charge is 0.261 e.